The second kappa shape index (κ2) is 6.49. The number of nitrogens with zero attached hydrogens (tertiary/aromatic N) is 3. The van der Waals surface area contributed by atoms with Crippen molar-refractivity contribution in [3.63, 3.8) is 0 Å². The number of halogens is 1. The maximum absolute atomic E-state index is 13.9. The van der Waals surface area contributed by atoms with Crippen LogP contribution in [0.4, 0.5) is 10.2 Å². The molecule has 6 nitrogen and oxygen atoms in total. The fraction of sp³-hybridized carbons (Fsp3) is 0.400. The van der Waals surface area contributed by atoms with E-state index in [0.717, 1.165) is 22.8 Å². The number of pyridine rings is 2. The standard InChI is InChI=1S/C20H22FN5O/c1-27-18-7-20-23-10-17(26(20)11-13(18)12-5-6-12)15-3-2-4-19(24-15)25-16-9-22-8-14(16)21/h2-4,7,10-12,14,16,22H,5-6,8-9H2,1H3,(H,24,25)/t14-,16-/m0/s1. The van der Waals surface area contributed by atoms with Gasteiger partial charge in [0.15, 0.2) is 0 Å². The van der Waals surface area contributed by atoms with E-state index < -0.39 is 6.17 Å². The zero-order valence-electron chi connectivity index (χ0n) is 15.2. The Bertz CT molecular complexity index is 984. The van der Waals surface area contributed by atoms with Gasteiger partial charge < -0.3 is 15.4 Å². The van der Waals surface area contributed by atoms with Crippen LogP contribution in [0.25, 0.3) is 17.0 Å². The van der Waals surface area contributed by atoms with Gasteiger partial charge in [-0.1, -0.05) is 6.07 Å². The quantitative estimate of drug-likeness (QED) is 0.726. The molecule has 1 aliphatic heterocycles. The van der Waals surface area contributed by atoms with Gasteiger partial charge in [-0.2, -0.15) is 0 Å². The molecular formula is C20H22FN5O. The Kier molecular flexibility index (Phi) is 3.97. The fourth-order valence-corrected chi connectivity index (χ4v) is 3.72. The average molecular weight is 367 g/mol. The summed E-state index contributed by atoms with van der Waals surface area (Å²) in [6.45, 7) is 0.990. The van der Waals surface area contributed by atoms with Crippen molar-refractivity contribution in [2.75, 3.05) is 25.5 Å². The second-order valence-corrected chi connectivity index (χ2v) is 7.28. The van der Waals surface area contributed by atoms with Gasteiger partial charge in [-0.15, -0.1) is 0 Å². The number of imidazole rings is 1. The summed E-state index contributed by atoms with van der Waals surface area (Å²) in [5, 5.41) is 6.25. The van der Waals surface area contributed by atoms with Gasteiger partial charge in [0.2, 0.25) is 0 Å². The number of fused-ring (bicyclic) bond motifs is 1. The van der Waals surface area contributed by atoms with Crippen molar-refractivity contribution < 1.29 is 9.13 Å². The lowest BCUT2D eigenvalue weighted by Crippen LogP contribution is -2.29. The predicted molar refractivity (Wildman–Crippen MR) is 102 cm³/mol. The third-order valence-corrected chi connectivity index (χ3v) is 5.36. The number of anilines is 1. The van der Waals surface area contributed by atoms with Gasteiger partial charge in [0.25, 0.3) is 0 Å². The Balaban J connectivity index is 1.51. The van der Waals surface area contributed by atoms with E-state index in [4.69, 9.17) is 9.72 Å². The number of hydrogen-bond donors (Lipinski definition) is 2. The van der Waals surface area contributed by atoms with E-state index in [-0.39, 0.29) is 6.04 Å². The summed E-state index contributed by atoms with van der Waals surface area (Å²) in [5.74, 6) is 2.14. The first kappa shape index (κ1) is 16.5. The van der Waals surface area contributed by atoms with Gasteiger partial charge in [0.05, 0.1) is 30.7 Å². The molecule has 1 aliphatic carbocycles. The summed E-state index contributed by atoms with van der Waals surface area (Å²) in [7, 11) is 1.70. The molecule has 1 saturated heterocycles. The van der Waals surface area contributed by atoms with E-state index in [2.05, 4.69) is 26.2 Å². The number of alkyl halides is 1. The van der Waals surface area contributed by atoms with Crippen LogP contribution in [-0.4, -0.2) is 46.8 Å². The van der Waals surface area contributed by atoms with Crippen molar-refractivity contribution in [2.45, 2.75) is 31.0 Å². The summed E-state index contributed by atoms with van der Waals surface area (Å²) in [6.07, 6.45) is 5.44. The summed E-state index contributed by atoms with van der Waals surface area (Å²) in [4.78, 5) is 9.22. The molecule has 0 spiro atoms. The molecule has 3 aromatic rings. The smallest absolute Gasteiger partial charge is 0.140 e. The van der Waals surface area contributed by atoms with E-state index in [9.17, 15) is 4.39 Å². The average Bonchev–Trinajstić information content (AvgIpc) is 3.34. The molecule has 140 valence electrons. The molecule has 0 aromatic carbocycles. The van der Waals surface area contributed by atoms with Gasteiger partial charge >= 0.3 is 0 Å². The molecule has 3 aromatic heterocycles. The van der Waals surface area contributed by atoms with E-state index >= 15 is 0 Å². The normalized spacial score (nSPS) is 22.3. The van der Waals surface area contributed by atoms with Crippen LogP contribution in [0.5, 0.6) is 5.75 Å². The maximum Gasteiger partial charge on any atom is 0.140 e. The summed E-state index contributed by atoms with van der Waals surface area (Å²) >= 11 is 0. The highest BCUT2D eigenvalue weighted by atomic mass is 19.1. The lowest BCUT2D eigenvalue weighted by atomic mass is 10.1. The molecule has 0 radical (unpaired) electrons. The summed E-state index contributed by atoms with van der Waals surface area (Å²) in [5.41, 5.74) is 3.77. The van der Waals surface area contributed by atoms with Crippen molar-refractivity contribution in [3.8, 4) is 17.1 Å². The van der Waals surface area contributed by atoms with Crippen LogP contribution < -0.4 is 15.4 Å². The Morgan fingerprint density at radius 2 is 2.19 bits per heavy atom. The largest absolute Gasteiger partial charge is 0.496 e. The minimum atomic E-state index is -0.903. The third-order valence-electron chi connectivity index (χ3n) is 5.36. The van der Waals surface area contributed by atoms with Crippen molar-refractivity contribution in [2.24, 2.45) is 0 Å². The Morgan fingerprint density at radius 3 is 2.93 bits per heavy atom. The van der Waals surface area contributed by atoms with Crippen LogP contribution in [0.3, 0.4) is 0 Å². The molecule has 2 N–H and O–H groups in total. The van der Waals surface area contributed by atoms with Crippen LogP contribution in [0.15, 0.2) is 36.7 Å². The highest BCUT2D eigenvalue weighted by Gasteiger charge is 2.28. The van der Waals surface area contributed by atoms with E-state index in [1.165, 1.54) is 18.4 Å². The highest BCUT2D eigenvalue weighted by Crippen LogP contribution is 2.44. The maximum atomic E-state index is 13.9. The molecule has 7 heteroatoms. The van der Waals surface area contributed by atoms with E-state index in [1.807, 2.05) is 30.5 Å². The number of ether oxygens (including phenoxy) is 1. The molecule has 0 unspecified atom stereocenters. The third kappa shape index (κ3) is 3.02. The first-order valence-corrected chi connectivity index (χ1v) is 9.36. The Morgan fingerprint density at radius 1 is 1.30 bits per heavy atom. The molecule has 4 heterocycles. The van der Waals surface area contributed by atoms with Gasteiger partial charge in [-0.05, 0) is 30.9 Å². The molecule has 5 rings (SSSR count). The van der Waals surface area contributed by atoms with Crippen molar-refractivity contribution in [1.29, 1.82) is 0 Å². The van der Waals surface area contributed by atoms with Crippen molar-refractivity contribution in [3.05, 3.63) is 42.2 Å². The van der Waals surface area contributed by atoms with Crippen LogP contribution in [0.1, 0.15) is 24.3 Å². The number of nitrogens with one attached hydrogen (secondary N) is 2. The minimum absolute atomic E-state index is 0.249. The molecule has 2 aliphatic rings. The van der Waals surface area contributed by atoms with Gasteiger partial charge in [-0.3, -0.25) is 4.40 Å². The van der Waals surface area contributed by atoms with Crippen molar-refractivity contribution in [1.82, 2.24) is 19.7 Å². The monoisotopic (exact) mass is 367 g/mol. The van der Waals surface area contributed by atoms with Gasteiger partial charge in [0.1, 0.15) is 23.4 Å². The molecule has 0 amide bonds. The molecule has 27 heavy (non-hydrogen) atoms. The Labute approximate surface area is 156 Å². The fourth-order valence-electron chi connectivity index (χ4n) is 3.72. The number of hydrogen-bond acceptors (Lipinski definition) is 5. The molecule has 1 saturated carbocycles. The molecule has 0 bridgehead atoms. The number of rotatable bonds is 5. The summed E-state index contributed by atoms with van der Waals surface area (Å²) < 4.78 is 21.5. The van der Waals surface area contributed by atoms with Crippen LogP contribution in [-0.2, 0) is 0 Å². The zero-order chi connectivity index (χ0) is 18.4. The van der Waals surface area contributed by atoms with Gasteiger partial charge in [0, 0.05) is 30.9 Å². The lowest BCUT2D eigenvalue weighted by Gasteiger charge is -2.15. The molecular weight excluding hydrogens is 345 g/mol. The SMILES string of the molecule is COc1cc2ncc(-c3cccc(N[C@H]4CNC[C@@H]4F)n3)n2cc1C1CC1. The van der Waals surface area contributed by atoms with E-state index in [0.29, 0.717) is 24.8 Å². The second-order valence-electron chi connectivity index (χ2n) is 7.28. The van der Waals surface area contributed by atoms with Gasteiger partial charge in [-0.25, -0.2) is 14.4 Å². The number of aromatic nitrogens is 3. The van der Waals surface area contributed by atoms with Crippen LogP contribution in [0.2, 0.25) is 0 Å². The summed E-state index contributed by atoms with van der Waals surface area (Å²) in [6, 6.07) is 7.49. The lowest BCUT2D eigenvalue weighted by molar-refractivity contribution is 0.342. The topological polar surface area (TPSA) is 63.5 Å². The molecule has 2 atom stereocenters. The van der Waals surface area contributed by atoms with Crippen LogP contribution in [0, 0.1) is 0 Å². The Hall–Kier alpha value is -2.67. The van der Waals surface area contributed by atoms with Crippen LogP contribution >= 0.6 is 0 Å². The van der Waals surface area contributed by atoms with Crippen molar-refractivity contribution >= 4 is 11.5 Å². The minimum Gasteiger partial charge on any atom is -0.496 e. The first-order valence-electron chi connectivity index (χ1n) is 9.36. The highest BCUT2D eigenvalue weighted by molar-refractivity contribution is 5.64. The van der Waals surface area contributed by atoms with E-state index in [1.54, 1.807) is 7.11 Å². The first-order chi connectivity index (χ1) is 13.2. The molecule has 2 fully saturated rings. The zero-order valence-corrected chi connectivity index (χ0v) is 15.2. The number of methoxy groups -OCH3 is 1. The predicted octanol–water partition coefficient (Wildman–Crippen LogP) is 3.00.